The Hall–Kier alpha value is -1.94. The monoisotopic (exact) mass is 407 g/mol. The van der Waals surface area contributed by atoms with Gasteiger partial charge in [0.05, 0.1) is 13.2 Å². The molecule has 0 aliphatic carbocycles. The van der Waals surface area contributed by atoms with Crippen LogP contribution in [0.3, 0.4) is 0 Å². The van der Waals surface area contributed by atoms with Crippen molar-refractivity contribution in [3.05, 3.63) is 81.7 Å². The molecule has 0 atom stereocenters. The molecule has 0 spiro atoms. The first kappa shape index (κ1) is 21.8. The first-order valence-electron chi connectivity index (χ1n) is 10.7. The minimum atomic E-state index is 0.854. The van der Waals surface area contributed by atoms with Gasteiger partial charge in [0.1, 0.15) is 0 Å². The molecule has 0 saturated carbocycles. The third kappa shape index (κ3) is 6.02. The van der Waals surface area contributed by atoms with E-state index >= 15 is 0 Å². The predicted molar refractivity (Wildman–Crippen MR) is 126 cm³/mol. The van der Waals surface area contributed by atoms with Gasteiger partial charge in [-0.3, -0.25) is 4.90 Å². The van der Waals surface area contributed by atoms with Crippen LogP contribution in [0.25, 0.3) is 10.4 Å². The second-order valence-electron chi connectivity index (χ2n) is 7.46. The minimum absolute atomic E-state index is 0.854. The number of benzene rings is 2. The molecule has 1 fully saturated rings. The molecule has 0 radical (unpaired) electrons. The van der Waals surface area contributed by atoms with Crippen molar-refractivity contribution in [2.75, 3.05) is 26.3 Å². The van der Waals surface area contributed by atoms with Gasteiger partial charge in [0.25, 0.3) is 0 Å². The maximum Gasteiger partial charge on any atom is 0.0594 e. The predicted octanol–water partition coefficient (Wildman–Crippen LogP) is 6.48. The van der Waals surface area contributed by atoms with Crippen molar-refractivity contribution < 1.29 is 4.74 Å². The Labute approximate surface area is 180 Å². The van der Waals surface area contributed by atoms with Crippen LogP contribution >= 0.6 is 11.3 Å². The number of nitrogens with zero attached hydrogens (tertiary/aromatic N) is 1. The molecule has 0 bridgehead atoms. The van der Waals surface area contributed by atoms with E-state index in [2.05, 4.69) is 73.3 Å². The van der Waals surface area contributed by atoms with Crippen LogP contribution in [-0.2, 0) is 17.7 Å². The highest BCUT2D eigenvalue weighted by Gasteiger charge is 2.12. The molecule has 1 aliphatic heterocycles. The van der Waals surface area contributed by atoms with E-state index < -0.39 is 0 Å². The molecule has 29 heavy (non-hydrogen) atoms. The zero-order valence-electron chi connectivity index (χ0n) is 18.2. The second kappa shape index (κ2) is 10.7. The second-order valence-corrected chi connectivity index (χ2v) is 8.63. The van der Waals surface area contributed by atoms with Gasteiger partial charge in [0, 0.05) is 35.8 Å². The molecule has 2 nitrogen and oxygen atoms in total. The number of hydrogen-bond acceptors (Lipinski definition) is 3. The Balaban J connectivity index is 0.00000117. The lowest BCUT2D eigenvalue weighted by molar-refractivity contribution is 0.0342. The smallest absolute Gasteiger partial charge is 0.0594 e. The first-order valence-corrected chi connectivity index (χ1v) is 11.5. The van der Waals surface area contributed by atoms with Crippen LogP contribution in [0.4, 0.5) is 0 Å². The summed E-state index contributed by atoms with van der Waals surface area (Å²) < 4.78 is 5.46. The number of hydrogen-bond donors (Lipinski definition) is 0. The molecular weight excluding hydrogens is 374 g/mol. The maximum atomic E-state index is 5.46. The molecule has 154 valence electrons. The Morgan fingerprint density at radius 2 is 1.72 bits per heavy atom. The van der Waals surface area contributed by atoms with Gasteiger partial charge < -0.3 is 4.74 Å². The molecule has 2 heterocycles. The maximum absolute atomic E-state index is 5.46. The summed E-state index contributed by atoms with van der Waals surface area (Å²) in [4.78, 5) is 5.26. The Kier molecular flexibility index (Phi) is 8.05. The average molecular weight is 408 g/mol. The van der Waals surface area contributed by atoms with Gasteiger partial charge in [-0.25, -0.2) is 0 Å². The summed E-state index contributed by atoms with van der Waals surface area (Å²) in [7, 11) is 0. The summed E-state index contributed by atoms with van der Waals surface area (Å²) in [6.07, 6.45) is 1.02. The fraction of sp³-hybridized carbons (Fsp3) is 0.385. The summed E-state index contributed by atoms with van der Waals surface area (Å²) >= 11 is 1.92. The summed E-state index contributed by atoms with van der Waals surface area (Å²) in [5, 5.41) is 0. The molecule has 3 heteroatoms. The van der Waals surface area contributed by atoms with Gasteiger partial charge in [-0.05, 0) is 54.3 Å². The summed E-state index contributed by atoms with van der Waals surface area (Å²) in [5.41, 5.74) is 6.87. The highest BCUT2D eigenvalue weighted by molar-refractivity contribution is 7.15. The molecule has 4 rings (SSSR count). The van der Waals surface area contributed by atoms with E-state index in [-0.39, 0.29) is 0 Å². The normalized spacial score (nSPS) is 14.3. The summed E-state index contributed by atoms with van der Waals surface area (Å²) in [5.74, 6) is 0. The fourth-order valence-corrected chi connectivity index (χ4v) is 4.67. The molecule has 0 amide bonds. The van der Waals surface area contributed by atoms with Gasteiger partial charge in [-0.2, -0.15) is 0 Å². The Bertz CT molecular complexity index is 909. The van der Waals surface area contributed by atoms with Gasteiger partial charge in [-0.1, -0.05) is 55.8 Å². The number of ether oxygens (including phenoxy) is 1. The topological polar surface area (TPSA) is 12.5 Å². The minimum Gasteiger partial charge on any atom is -0.379 e. The lowest BCUT2D eigenvalue weighted by Crippen LogP contribution is -2.35. The molecular formula is C26H33NOS. The molecule has 0 unspecified atom stereocenters. The number of rotatable bonds is 5. The average Bonchev–Trinajstić information content (AvgIpc) is 3.22. The quantitative estimate of drug-likeness (QED) is 0.480. The standard InChI is InChI=1S/C24H27NOS.C2H6/c1-18-6-7-19(2)22(14-18)16-23-8-9-24(27-23)21-5-3-4-20(15-21)17-25-10-12-26-13-11-25;1-2/h3-9,14-15H,10-13,16-17H2,1-2H3;1-2H3. The third-order valence-corrected chi connectivity index (χ3v) is 6.39. The number of thiophene rings is 1. The van der Waals surface area contributed by atoms with Crippen LogP contribution in [0.2, 0.25) is 0 Å². The van der Waals surface area contributed by atoms with E-state index in [0.717, 1.165) is 39.3 Å². The van der Waals surface area contributed by atoms with Crippen LogP contribution in [0.5, 0.6) is 0 Å². The van der Waals surface area contributed by atoms with Crippen LogP contribution in [0, 0.1) is 13.8 Å². The SMILES string of the molecule is CC.Cc1ccc(C)c(Cc2ccc(-c3cccc(CN4CCOCC4)c3)s2)c1. The van der Waals surface area contributed by atoms with Gasteiger partial charge in [0.2, 0.25) is 0 Å². The molecule has 3 aromatic rings. The highest BCUT2D eigenvalue weighted by atomic mass is 32.1. The van der Waals surface area contributed by atoms with E-state index in [1.165, 1.54) is 37.6 Å². The van der Waals surface area contributed by atoms with Crippen LogP contribution < -0.4 is 0 Å². The van der Waals surface area contributed by atoms with E-state index in [1.54, 1.807) is 0 Å². The zero-order chi connectivity index (χ0) is 20.6. The highest BCUT2D eigenvalue weighted by Crippen LogP contribution is 2.31. The van der Waals surface area contributed by atoms with Crippen molar-refractivity contribution in [3.63, 3.8) is 0 Å². The molecule has 1 aliphatic rings. The van der Waals surface area contributed by atoms with Gasteiger partial charge in [-0.15, -0.1) is 11.3 Å². The van der Waals surface area contributed by atoms with Gasteiger partial charge >= 0.3 is 0 Å². The van der Waals surface area contributed by atoms with Gasteiger partial charge in [0.15, 0.2) is 0 Å². The fourth-order valence-electron chi connectivity index (χ4n) is 3.65. The lowest BCUT2D eigenvalue weighted by atomic mass is 10.0. The van der Waals surface area contributed by atoms with Crippen molar-refractivity contribution >= 4 is 11.3 Å². The van der Waals surface area contributed by atoms with Crippen molar-refractivity contribution in [1.82, 2.24) is 4.90 Å². The largest absolute Gasteiger partial charge is 0.379 e. The van der Waals surface area contributed by atoms with E-state index in [0.29, 0.717) is 0 Å². The Morgan fingerprint density at radius 1 is 0.931 bits per heavy atom. The number of aryl methyl sites for hydroxylation is 2. The van der Waals surface area contributed by atoms with E-state index in [9.17, 15) is 0 Å². The van der Waals surface area contributed by atoms with E-state index in [4.69, 9.17) is 4.74 Å². The molecule has 1 saturated heterocycles. The molecule has 0 N–H and O–H groups in total. The number of morpholine rings is 1. The van der Waals surface area contributed by atoms with Crippen LogP contribution in [0.15, 0.2) is 54.6 Å². The first-order chi connectivity index (χ1) is 14.2. The van der Waals surface area contributed by atoms with E-state index in [1.807, 2.05) is 25.2 Å². The molecule has 2 aromatic carbocycles. The third-order valence-electron chi connectivity index (χ3n) is 5.25. The van der Waals surface area contributed by atoms with Crippen LogP contribution in [0.1, 0.15) is 41.0 Å². The summed E-state index contributed by atoms with van der Waals surface area (Å²) in [6, 6.07) is 20.3. The van der Waals surface area contributed by atoms with Crippen LogP contribution in [-0.4, -0.2) is 31.2 Å². The molecule has 1 aromatic heterocycles. The zero-order valence-corrected chi connectivity index (χ0v) is 19.0. The van der Waals surface area contributed by atoms with Crippen molar-refractivity contribution in [1.29, 1.82) is 0 Å². The lowest BCUT2D eigenvalue weighted by Gasteiger charge is -2.26. The Morgan fingerprint density at radius 3 is 2.52 bits per heavy atom. The van der Waals surface area contributed by atoms with Crippen molar-refractivity contribution in [2.45, 2.75) is 40.7 Å². The summed E-state index contributed by atoms with van der Waals surface area (Å²) in [6.45, 7) is 13.2. The van der Waals surface area contributed by atoms with Crippen molar-refractivity contribution in [2.24, 2.45) is 0 Å². The van der Waals surface area contributed by atoms with Crippen molar-refractivity contribution in [3.8, 4) is 10.4 Å².